The van der Waals surface area contributed by atoms with E-state index < -0.39 is 11.9 Å². The van der Waals surface area contributed by atoms with Gasteiger partial charge in [-0.3, -0.25) is 9.80 Å². The number of hydrogen-bond acceptors (Lipinski definition) is 3. The van der Waals surface area contributed by atoms with Crippen LogP contribution >= 0.6 is 11.6 Å². The summed E-state index contributed by atoms with van der Waals surface area (Å²) in [4.78, 5) is 16.0. The van der Waals surface area contributed by atoms with Crippen LogP contribution in [0.1, 0.15) is 12.8 Å². The molecule has 1 heterocycles. The number of likely N-dealkylation sites (tertiary alicyclic amines) is 1. The third-order valence-electron chi connectivity index (χ3n) is 4.40. The number of carbonyl (C=O) groups is 1. The molecule has 4 nitrogen and oxygen atoms in total. The predicted octanol–water partition coefficient (Wildman–Crippen LogP) is 4.77. The van der Waals surface area contributed by atoms with Crippen molar-refractivity contribution in [2.24, 2.45) is 0 Å². The van der Waals surface area contributed by atoms with E-state index in [9.17, 15) is 9.18 Å². The molecule has 0 radical (unpaired) electrons. The molecule has 2 aromatic carbocycles. The van der Waals surface area contributed by atoms with E-state index in [0.29, 0.717) is 21.8 Å². The van der Waals surface area contributed by atoms with E-state index in [-0.39, 0.29) is 6.23 Å². The van der Waals surface area contributed by atoms with Crippen LogP contribution in [0.2, 0.25) is 5.02 Å². The molecule has 0 aromatic heterocycles. The highest BCUT2D eigenvalue weighted by Crippen LogP contribution is 2.33. The molecule has 0 N–H and O–H groups in total. The fourth-order valence-corrected chi connectivity index (χ4v) is 3.26. The number of hydrogen-bond donors (Lipinski definition) is 0. The maximum atomic E-state index is 13.7. The SMILES string of the molecule is CN(C(=O)O[C@H]1CCCN1C)c1ccccc1-c1cc(F)cc(Cl)c1. The van der Waals surface area contributed by atoms with E-state index in [2.05, 4.69) is 0 Å². The summed E-state index contributed by atoms with van der Waals surface area (Å²) in [7, 11) is 3.59. The van der Waals surface area contributed by atoms with Gasteiger partial charge in [-0.2, -0.15) is 0 Å². The van der Waals surface area contributed by atoms with Crippen molar-refractivity contribution in [3.05, 3.63) is 53.3 Å². The molecule has 1 saturated heterocycles. The molecule has 1 atom stereocenters. The Morgan fingerprint density at radius 1 is 1.32 bits per heavy atom. The molecule has 132 valence electrons. The van der Waals surface area contributed by atoms with Crippen LogP contribution in [-0.4, -0.2) is 37.9 Å². The molecule has 0 spiro atoms. The first-order valence-corrected chi connectivity index (χ1v) is 8.53. The van der Waals surface area contributed by atoms with Gasteiger partial charge in [0.25, 0.3) is 0 Å². The Bertz CT molecular complexity index is 764. The van der Waals surface area contributed by atoms with Gasteiger partial charge in [0, 0.05) is 24.2 Å². The standard InChI is InChI=1S/C19H20ClFN2O2/c1-22-9-5-8-18(22)25-19(24)23(2)17-7-4-3-6-16(17)13-10-14(20)12-15(21)11-13/h3-4,6-7,10-12,18H,5,8-9H2,1-2H3/t18-/m0/s1. The van der Waals surface area contributed by atoms with Crippen LogP contribution in [0.25, 0.3) is 11.1 Å². The van der Waals surface area contributed by atoms with Crippen LogP contribution in [0.3, 0.4) is 0 Å². The molecule has 0 saturated carbocycles. The molecule has 0 aliphatic carbocycles. The average molecular weight is 363 g/mol. The molecule has 0 unspecified atom stereocenters. The van der Waals surface area contributed by atoms with Crippen LogP contribution < -0.4 is 4.90 Å². The number of benzene rings is 2. The molecule has 1 fully saturated rings. The third kappa shape index (κ3) is 3.94. The minimum atomic E-state index is -0.436. The van der Waals surface area contributed by atoms with Crippen LogP contribution in [0, 0.1) is 5.82 Å². The lowest BCUT2D eigenvalue weighted by Crippen LogP contribution is -2.36. The molecule has 6 heteroatoms. The summed E-state index contributed by atoms with van der Waals surface area (Å²) in [5.74, 6) is -0.421. The summed E-state index contributed by atoms with van der Waals surface area (Å²) in [6.07, 6.45) is 1.20. The van der Waals surface area contributed by atoms with E-state index in [1.807, 2.05) is 30.1 Å². The van der Waals surface area contributed by atoms with E-state index in [4.69, 9.17) is 16.3 Å². The highest BCUT2D eigenvalue weighted by Gasteiger charge is 2.27. The van der Waals surface area contributed by atoms with Crippen molar-refractivity contribution in [2.75, 3.05) is 25.5 Å². The van der Waals surface area contributed by atoms with Gasteiger partial charge in [-0.05, 0) is 49.7 Å². The van der Waals surface area contributed by atoms with Crippen molar-refractivity contribution in [1.82, 2.24) is 4.90 Å². The van der Waals surface area contributed by atoms with Gasteiger partial charge < -0.3 is 4.74 Å². The number of anilines is 1. The summed E-state index contributed by atoms with van der Waals surface area (Å²) in [5.41, 5.74) is 1.95. The first kappa shape index (κ1) is 17.7. The number of carbonyl (C=O) groups excluding carboxylic acids is 1. The zero-order valence-electron chi connectivity index (χ0n) is 14.2. The maximum Gasteiger partial charge on any atom is 0.415 e. The van der Waals surface area contributed by atoms with Gasteiger partial charge in [-0.15, -0.1) is 0 Å². The summed E-state index contributed by atoms with van der Waals surface area (Å²) < 4.78 is 19.3. The number of para-hydroxylation sites is 1. The minimum Gasteiger partial charge on any atom is -0.430 e. The van der Waals surface area contributed by atoms with Gasteiger partial charge in [0.15, 0.2) is 6.23 Å². The highest BCUT2D eigenvalue weighted by molar-refractivity contribution is 6.30. The number of rotatable bonds is 3. The predicted molar refractivity (Wildman–Crippen MR) is 97.4 cm³/mol. The number of halogens is 2. The fraction of sp³-hybridized carbons (Fsp3) is 0.316. The molecular formula is C19H20ClFN2O2. The molecule has 1 aliphatic rings. The highest BCUT2D eigenvalue weighted by atomic mass is 35.5. The Morgan fingerprint density at radius 3 is 2.76 bits per heavy atom. The van der Waals surface area contributed by atoms with Gasteiger partial charge >= 0.3 is 6.09 Å². The van der Waals surface area contributed by atoms with Crippen LogP contribution in [0.4, 0.5) is 14.9 Å². The lowest BCUT2D eigenvalue weighted by Gasteiger charge is -2.25. The molecular weight excluding hydrogens is 343 g/mol. The van der Waals surface area contributed by atoms with Crippen LogP contribution in [-0.2, 0) is 4.74 Å². The Kier molecular flexibility index (Phi) is 5.25. The van der Waals surface area contributed by atoms with Crippen molar-refractivity contribution in [2.45, 2.75) is 19.1 Å². The number of ether oxygens (including phenoxy) is 1. The van der Waals surface area contributed by atoms with Gasteiger partial charge in [-0.25, -0.2) is 9.18 Å². The lowest BCUT2D eigenvalue weighted by molar-refractivity contribution is 0.0315. The number of nitrogens with zero attached hydrogens (tertiary/aromatic N) is 2. The minimum absolute atomic E-state index is 0.203. The van der Waals surface area contributed by atoms with Gasteiger partial charge in [-0.1, -0.05) is 29.8 Å². The second-order valence-electron chi connectivity index (χ2n) is 6.20. The Labute approximate surface area is 151 Å². The Balaban J connectivity index is 1.88. The zero-order chi connectivity index (χ0) is 18.0. The van der Waals surface area contributed by atoms with E-state index in [1.165, 1.54) is 17.0 Å². The normalized spacial score (nSPS) is 17.5. The second kappa shape index (κ2) is 7.42. The van der Waals surface area contributed by atoms with Crippen molar-refractivity contribution >= 4 is 23.4 Å². The number of amides is 1. The van der Waals surface area contributed by atoms with Crippen molar-refractivity contribution in [3.63, 3.8) is 0 Å². The summed E-state index contributed by atoms with van der Waals surface area (Å²) >= 11 is 5.97. The molecule has 1 amide bonds. The Hall–Kier alpha value is -2.11. The van der Waals surface area contributed by atoms with E-state index in [1.54, 1.807) is 19.2 Å². The molecule has 3 rings (SSSR count). The van der Waals surface area contributed by atoms with Crippen molar-refractivity contribution in [3.8, 4) is 11.1 Å². The van der Waals surface area contributed by atoms with Crippen molar-refractivity contribution < 1.29 is 13.9 Å². The topological polar surface area (TPSA) is 32.8 Å². The first-order valence-electron chi connectivity index (χ1n) is 8.16. The zero-order valence-corrected chi connectivity index (χ0v) is 15.0. The average Bonchev–Trinajstić information content (AvgIpc) is 2.98. The second-order valence-corrected chi connectivity index (χ2v) is 6.63. The van der Waals surface area contributed by atoms with Gasteiger partial charge in [0.05, 0.1) is 5.69 Å². The first-order chi connectivity index (χ1) is 12.0. The summed E-state index contributed by atoms with van der Waals surface area (Å²) in [5, 5.41) is 0.308. The quantitative estimate of drug-likeness (QED) is 0.788. The lowest BCUT2D eigenvalue weighted by atomic mass is 10.0. The smallest absolute Gasteiger partial charge is 0.415 e. The molecule has 1 aliphatic heterocycles. The molecule has 0 bridgehead atoms. The largest absolute Gasteiger partial charge is 0.430 e. The van der Waals surface area contributed by atoms with E-state index in [0.717, 1.165) is 19.4 Å². The summed E-state index contributed by atoms with van der Waals surface area (Å²) in [6, 6.07) is 11.6. The van der Waals surface area contributed by atoms with Crippen LogP contribution in [0.15, 0.2) is 42.5 Å². The third-order valence-corrected chi connectivity index (χ3v) is 4.62. The molecule has 2 aromatic rings. The van der Waals surface area contributed by atoms with Crippen molar-refractivity contribution in [1.29, 1.82) is 0 Å². The van der Waals surface area contributed by atoms with E-state index >= 15 is 0 Å². The van der Waals surface area contributed by atoms with Crippen LogP contribution in [0.5, 0.6) is 0 Å². The monoisotopic (exact) mass is 362 g/mol. The summed E-state index contributed by atoms with van der Waals surface area (Å²) in [6.45, 7) is 0.917. The molecule has 25 heavy (non-hydrogen) atoms. The Morgan fingerprint density at radius 2 is 2.08 bits per heavy atom. The fourth-order valence-electron chi connectivity index (χ4n) is 3.04. The van der Waals surface area contributed by atoms with Gasteiger partial charge in [0.2, 0.25) is 0 Å². The maximum absolute atomic E-state index is 13.7. The van der Waals surface area contributed by atoms with Gasteiger partial charge in [0.1, 0.15) is 5.82 Å².